The Morgan fingerprint density at radius 3 is 2.58 bits per heavy atom. The Kier molecular flexibility index (Phi) is 3.61. The maximum atomic E-state index is 5.62. The molecule has 0 aliphatic carbocycles. The summed E-state index contributed by atoms with van der Waals surface area (Å²) in [5.74, 6) is 0. The van der Waals surface area contributed by atoms with Crippen LogP contribution < -0.4 is 11.1 Å². The number of hydrogen-bond acceptors (Lipinski definition) is 2. The molecule has 1 aromatic rings. The fourth-order valence-corrected chi connectivity index (χ4v) is 1.00. The van der Waals surface area contributed by atoms with Gasteiger partial charge in [-0.2, -0.15) is 0 Å². The average Bonchev–Trinajstić information content (AvgIpc) is 2.05. The highest BCUT2D eigenvalue weighted by Crippen LogP contribution is 2.04. The Balaban J connectivity index is 2.25. The minimum absolute atomic E-state index is 0.279. The van der Waals surface area contributed by atoms with Crippen LogP contribution in [-0.4, -0.2) is 12.6 Å². The quantitative estimate of drug-likeness (QED) is 0.712. The summed E-state index contributed by atoms with van der Waals surface area (Å²) in [6, 6.07) is 10.4. The minimum atomic E-state index is 0.279. The lowest BCUT2D eigenvalue weighted by Gasteiger charge is -2.07. The molecule has 0 spiro atoms. The van der Waals surface area contributed by atoms with Crippen LogP contribution in [0, 0.1) is 0 Å². The molecule has 0 amide bonds. The van der Waals surface area contributed by atoms with E-state index in [1.165, 1.54) is 0 Å². The molecule has 12 heavy (non-hydrogen) atoms. The first-order valence-electron chi connectivity index (χ1n) is 4.33. The Morgan fingerprint density at radius 1 is 1.33 bits per heavy atom. The number of para-hydroxylation sites is 1. The van der Waals surface area contributed by atoms with Gasteiger partial charge in [-0.15, -0.1) is 0 Å². The van der Waals surface area contributed by atoms with E-state index in [-0.39, 0.29) is 6.04 Å². The van der Waals surface area contributed by atoms with Crippen molar-refractivity contribution >= 4 is 5.69 Å². The molecule has 2 nitrogen and oxygen atoms in total. The van der Waals surface area contributed by atoms with Gasteiger partial charge < -0.3 is 11.1 Å². The van der Waals surface area contributed by atoms with Gasteiger partial charge in [0.2, 0.25) is 0 Å². The van der Waals surface area contributed by atoms with Gasteiger partial charge in [0.15, 0.2) is 0 Å². The molecule has 0 radical (unpaired) electrons. The minimum Gasteiger partial charge on any atom is -0.385 e. The first kappa shape index (κ1) is 9.07. The van der Waals surface area contributed by atoms with Crippen molar-refractivity contribution in [2.24, 2.45) is 5.73 Å². The molecule has 0 bridgehead atoms. The lowest BCUT2D eigenvalue weighted by Crippen LogP contribution is -2.19. The van der Waals surface area contributed by atoms with E-state index < -0.39 is 0 Å². The van der Waals surface area contributed by atoms with Gasteiger partial charge in [0.1, 0.15) is 0 Å². The third-order valence-corrected chi connectivity index (χ3v) is 1.70. The highest BCUT2D eigenvalue weighted by Gasteiger charge is 1.93. The number of benzene rings is 1. The number of nitrogens with one attached hydrogen (secondary N) is 1. The maximum Gasteiger partial charge on any atom is 0.0340 e. The third-order valence-electron chi connectivity index (χ3n) is 1.70. The smallest absolute Gasteiger partial charge is 0.0340 e. The van der Waals surface area contributed by atoms with Gasteiger partial charge in [-0.1, -0.05) is 18.2 Å². The summed E-state index contributed by atoms with van der Waals surface area (Å²) < 4.78 is 0. The van der Waals surface area contributed by atoms with Gasteiger partial charge in [-0.05, 0) is 25.5 Å². The Bertz CT molecular complexity index is 206. The predicted octanol–water partition coefficient (Wildman–Crippen LogP) is 1.84. The molecule has 0 fully saturated rings. The molecule has 0 aromatic heterocycles. The largest absolute Gasteiger partial charge is 0.385 e. The topological polar surface area (TPSA) is 38.0 Å². The van der Waals surface area contributed by atoms with Crippen LogP contribution in [0.1, 0.15) is 13.3 Å². The second-order valence-electron chi connectivity index (χ2n) is 3.06. The molecule has 3 N–H and O–H groups in total. The Morgan fingerprint density at radius 2 is 2.00 bits per heavy atom. The molecular formula is C10H16N2. The van der Waals surface area contributed by atoms with Gasteiger partial charge in [-0.25, -0.2) is 0 Å². The number of hydrogen-bond donors (Lipinski definition) is 2. The lowest BCUT2D eigenvalue weighted by atomic mass is 10.2. The van der Waals surface area contributed by atoms with E-state index in [2.05, 4.69) is 17.4 Å². The van der Waals surface area contributed by atoms with Crippen molar-refractivity contribution in [1.82, 2.24) is 0 Å². The molecule has 0 saturated heterocycles. The van der Waals surface area contributed by atoms with Crippen molar-refractivity contribution < 1.29 is 0 Å². The van der Waals surface area contributed by atoms with E-state index in [0.29, 0.717) is 0 Å². The van der Waals surface area contributed by atoms with Crippen molar-refractivity contribution in [3.63, 3.8) is 0 Å². The van der Waals surface area contributed by atoms with Crippen LogP contribution in [0.15, 0.2) is 30.3 Å². The SMILES string of the molecule is CC(N)CCNc1ccccc1. The fraction of sp³-hybridized carbons (Fsp3) is 0.400. The van der Waals surface area contributed by atoms with Crippen molar-refractivity contribution in [2.45, 2.75) is 19.4 Å². The number of nitrogens with two attached hydrogens (primary N) is 1. The molecule has 0 heterocycles. The monoisotopic (exact) mass is 164 g/mol. The summed E-state index contributed by atoms with van der Waals surface area (Å²) in [5.41, 5.74) is 6.78. The van der Waals surface area contributed by atoms with Gasteiger partial charge in [0.25, 0.3) is 0 Å². The van der Waals surface area contributed by atoms with Crippen molar-refractivity contribution in [3.8, 4) is 0 Å². The van der Waals surface area contributed by atoms with E-state index in [9.17, 15) is 0 Å². The van der Waals surface area contributed by atoms with Crippen LogP contribution in [-0.2, 0) is 0 Å². The second kappa shape index (κ2) is 4.78. The molecule has 1 atom stereocenters. The molecule has 0 aliphatic rings. The standard InChI is InChI=1S/C10H16N2/c1-9(11)7-8-12-10-5-3-2-4-6-10/h2-6,9,12H,7-8,11H2,1H3. The average molecular weight is 164 g/mol. The number of anilines is 1. The van der Waals surface area contributed by atoms with Gasteiger partial charge >= 0.3 is 0 Å². The number of rotatable bonds is 4. The summed E-state index contributed by atoms with van der Waals surface area (Å²) in [5, 5.41) is 3.30. The summed E-state index contributed by atoms with van der Waals surface area (Å²) in [6.45, 7) is 2.97. The van der Waals surface area contributed by atoms with Crippen LogP contribution in [0.3, 0.4) is 0 Å². The van der Waals surface area contributed by atoms with Crippen LogP contribution in [0.2, 0.25) is 0 Å². The molecule has 66 valence electrons. The fourth-order valence-electron chi connectivity index (χ4n) is 1.00. The summed E-state index contributed by atoms with van der Waals surface area (Å²) in [4.78, 5) is 0. The molecule has 0 aliphatic heterocycles. The van der Waals surface area contributed by atoms with Crippen LogP contribution in [0.25, 0.3) is 0 Å². The van der Waals surface area contributed by atoms with Crippen molar-refractivity contribution in [3.05, 3.63) is 30.3 Å². The first-order valence-corrected chi connectivity index (χ1v) is 4.33. The van der Waals surface area contributed by atoms with Crippen molar-refractivity contribution in [2.75, 3.05) is 11.9 Å². The summed E-state index contributed by atoms with van der Waals surface area (Å²) in [6.07, 6.45) is 1.01. The molecule has 1 aromatic carbocycles. The molecule has 0 saturated carbocycles. The predicted molar refractivity (Wildman–Crippen MR) is 53.2 cm³/mol. The zero-order valence-corrected chi connectivity index (χ0v) is 7.46. The van der Waals surface area contributed by atoms with Crippen LogP contribution in [0.5, 0.6) is 0 Å². The van der Waals surface area contributed by atoms with Crippen LogP contribution in [0.4, 0.5) is 5.69 Å². The summed E-state index contributed by atoms with van der Waals surface area (Å²) in [7, 11) is 0. The zero-order valence-electron chi connectivity index (χ0n) is 7.46. The summed E-state index contributed by atoms with van der Waals surface area (Å²) >= 11 is 0. The molecule has 1 rings (SSSR count). The normalized spacial score (nSPS) is 12.5. The lowest BCUT2D eigenvalue weighted by molar-refractivity contribution is 0.690. The van der Waals surface area contributed by atoms with E-state index >= 15 is 0 Å². The molecular weight excluding hydrogens is 148 g/mol. The maximum absolute atomic E-state index is 5.62. The third kappa shape index (κ3) is 3.39. The molecule has 2 heteroatoms. The first-order chi connectivity index (χ1) is 5.79. The Labute approximate surface area is 73.8 Å². The van der Waals surface area contributed by atoms with Gasteiger partial charge in [0, 0.05) is 18.3 Å². The van der Waals surface area contributed by atoms with Crippen LogP contribution >= 0.6 is 0 Å². The highest BCUT2D eigenvalue weighted by molar-refractivity contribution is 5.42. The van der Waals surface area contributed by atoms with E-state index in [1.807, 2.05) is 25.1 Å². The van der Waals surface area contributed by atoms with E-state index in [4.69, 9.17) is 5.73 Å². The Hall–Kier alpha value is -1.02. The van der Waals surface area contributed by atoms with Crippen molar-refractivity contribution in [1.29, 1.82) is 0 Å². The zero-order chi connectivity index (χ0) is 8.81. The van der Waals surface area contributed by atoms with E-state index in [1.54, 1.807) is 0 Å². The second-order valence-corrected chi connectivity index (χ2v) is 3.06. The van der Waals surface area contributed by atoms with Gasteiger partial charge in [-0.3, -0.25) is 0 Å². The van der Waals surface area contributed by atoms with Gasteiger partial charge in [0.05, 0.1) is 0 Å². The highest BCUT2D eigenvalue weighted by atomic mass is 14.9. The molecule has 1 unspecified atom stereocenters. The van der Waals surface area contributed by atoms with E-state index in [0.717, 1.165) is 18.7 Å².